The average Bonchev–Trinajstić information content (AvgIpc) is 2.03. The van der Waals surface area contributed by atoms with Gasteiger partial charge in [0.05, 0.1) is 0 Å². The molecule has 2 heteroatoms. The molecule has 0 heterocycles. The van der Waals surface area contributed by atoms with Gasteiger partial charge in [0.2, 0.25) is 0 Å². The number of halogens is 1. The minimum absolute atomic E-state index is 0. The smallest absolute Gasteiger partial charge is 0.0223 e. The molecular weight excluding hydrogens is 172 g/mol. The van der Waals surface area contributed by atoms with Gasteiger partial charge in [-0.3, -0.25) is 0 Å². The van der Waals surface area contributed by atoms with Crippen molar-refractivity contribution in [3.8, 4) is 0 Å². The zero-order chi connectivity index (χ0) is 8.36. The van der Waals surface area contributed by atoms with Crippen LogP contribution in [0.25, 0.3) is 0 Å². The van der Waals surface area contributed by atoms with Crippen LogP contribution in [0.2, 0.25) is 0 Å². The highest BCUT2D eigenvalue weighted by atomic mass is 35.5. The molecule has 0 saturated carbocycles. The lowest BCUT2D eigenvalue weighted by Gasteiger charge is -1.98. The Kier molecular flexibility index (Phi) is 17.0. The second kappa shape index (κ2) is 13.8. The third kappa shape index (κ3) is 12.9. The van der Waals surface area contributed by atoms with E-state index in [0.717, 1.165) is 5.88 Å². The Morgan fingerprint density at radius 1 is 0.750 bits per heavy atom. The molecule has 0 aliphatic heterocycles. The van der Waals surface area contributed by atoms with Crippen LogP contribution in [0.3, 0.4) is 0 Å². The first-order valence-electron chi connectivity index (χ1n) is 4.97. The van der Waals surface area contributed by atoms with Crippen LogP contribution in [-0.2, 0) is 0 Å². The Balaban J connectivity index is 0. The molecule has 0 amide bonds. The van der Waals surface area contributed by atoms with Gasteiger partial charge in [0.15, 0.2) is 0 Å². The Morgan fingerprint density at radius 3 is 1.58 bits per heavy atom. The maximum atomic E-state index is 5.56. The first kappa shape index (κ1) is 14.8. The van der Waals surface area contributed by atoms with E-state index in [1.165, 1.54) is 51.4 Å². The van der Waals surface area contributed by atoms with E-state index in [0.29, 0.717) is 0 Å². The molecule has 0 spiro atoms. The Labute approximate surface area is 81.8 Å². The summed E-state index contributed by atoms with van der Waals surface area (Å²) in [5, 5.41) is 0. The van der Waals surface area contributed by atoms with Crippen molar-refractivity contribution in [3.63, 3.8) is 0 Å². The monoisotopic (exact) mass is 194 g/mol. The minimum atomic E-state index is 0. The van der Waals surface area contributed by atoms with Crippen molar-refractivity contribution in [3.05, 3.63) is 0 Å². The zero-order valence-corrected chi connectivity index (χ0v) is 9.00. The molecule has 12 heavy (non-hydrogen) atoms. The first-order valence-corrected chi connectivity index (χ1v) is 5.51. The minimum Gasteiger partial charge on any atom is -0.412 e. The molecule has 2 N–H and O–H groups in total. The van der Waals surface area contributed by atoms with Crippen LogP contribution < -0.4 is 0 Å². The second-order valence-corrected chi connectivity index (χ2v) is 3.54. The number of hydrogen-bond donors (Lipinski definition) is 0. The highest BCUT2D eigenvalue weighted by molar-refractivity contribution is 6.17. The molecule has 0 radical (unpaired) electrons. The SMILES string of the molecule is CCCCCCCCCCCl.O. The molecule has 1 nitrogen and oxygen atoms in total. The molecule has 0 aliphatic carbocycles. The highest BCUT2D eigenvalue weighted by Crippen LogP contribution is 2.08. The first-order chi connectivity index (χ1) is 5.41. The molecule has 0 bridgehead atoms. The van der Waals surface area contributed by atoms with E-state index in [1.54, 1.807) is 0 Å². The molecule has 0 aromatic carbocycles. The maximum Gasteiger partial charge on any atom is 0.0223 e. The van der Waals surface area contributed by atoms with Crippen molar-refractivity contribution in [2.45, 2.75) is 58.3 Å². The van der Waals surface area contributed by atoms with Crippen LogP contribution in [0, 0.1) is 0 Å². The summed E-state index contributed by atoms with van der Waals surface area (Å²) in [5.41, 5.74) is 0. The van der Waals surface area contributed by atoms with Crippen molar-refractivity contribution in [2.24, 2.45) is 0 Å². The maximum absolute atomic E-state index is 5.56. The Morgan fingerprint density at radius 2 is 1.17 bits per heavy atom. The summed E-state index contributed by atoms with van der Waals surface area (Å²) in [7, 11) is 0. The lowest BCUT2D eigenvalue weighted by molar-refractivity contribution is 0.586. The largest absolute Gasteiger partial charge is 0.412 e. The molecule has 76 valence electrons. The third-order valence-corrected chi connectivity index (χ3v) is 2.25. The number of alkyl halides is 1. The summed E-state index contributed by atoms with van der Waals surface area (Å²) >= 11 is 5.56. The quantitative estimate of drug-likeness (QED) is 0.418. The van der Waals surface area contributed by atoms with Gasteiger partial charge in [-0.25, -0.2) is 0 Å². The molecule has 0 saturated heterocycles. The summed E-state index contributed by atoms with van der Waals surface area (Å²) < 4.78 is 0. The summed E-state index contributed by atoms with van der Waals surface area (Å²) in [4.78, 5) is 0. The molecular formula is C10H23ClO. The van der Waals surface area contributed by atoms with E-state index in [9.17, 15) is 0 Å². The van der Waals surface area contributed by atoms with Gasteiger partial charge in [0.1, 0.15) is 0 Å². The van der Waals surface area contributed by atoms with E-state index in [-0.39, 0.29) is 5.48 Å². The Hall–Kier alpha value is 0.250. The van der Waals surface area contributed by atoms with Gasteiger partial charge in [0, 0.05) is 5.88 Å². The highest BCUT2D eigenvalue weighted by Gasteiger charge is 1.89. The summed E-state index contributed by atoms with van der Waals surface area (Å²) in [5.74, 6) is 0.842. The number of hydrogen-bond acceptors (Lipinski definition) is 0. The van der Waals surface area contributed by atoms with Crippen molar-refractivity contribution in [1.82, 2.24) is 0 Å². The summed E-state index contributed by atoms with van der Waals surface area (Å²) in [6.07, 6.45) is 10.9. The zero-order valence-electron chi connectivity index (χ0n) is 8.24. The van der Waals surface area contributed by atoms with Gasteiger partial charge in [-0.15, -0.1) is 11.6 Å². The van der Waals surface area contributed by atoms with Crippen LogP contribution in [-0.4, -0.2) is 11.4 Å². The van der Waals surface area contributed by atoms with Crippen LogP contribution in [0.15, 0.2) is 0 Å². The average molecular weight is 195 g/mol. The number of rotatable bonds is 8. The molecule has 0 aromatic heterocycles. The van der Waals surface area contributed by atoms with E-state index in [2.05, 4.69) is 6.92 Å². The fourth-order valence-electron chi connectivity index (χ4n) is 1.23. The van der Waals surface area contributed by atoms with Gasteiger partial charge in [-0.1, -0.05) is 51.9 Å². The molecule has 0 atom stereocenters. The predicted octanol–water partition coefficient (Wildman–Crippen LogP) is 3.54. The van der Waals surface area contributed by atoms with Gasteiger partial charge in [-0.2, -0.15) is 0 Å². The van der Waals surface area contributed by atoms with Gasteiger partial charge in [-0.05, 0) is 6.42 Å². The van der Waals surface area contributed by atoms with Crippen molar-refractivity contribution in [2.75, 3.05) is 5.88 Å². The molecule has 0 fully saturated rings. The Bertz CT molecular complexity index is 58.9. The molecule has 0 aliphatic rings. The van der Waals surface area contributed by atoms with Crippen LogP contribution in [0.1, 0.15) is 58.3 Å². The van der Waals surface area contributed by atoms with E-state index < -0.39 is 0 Å². The summed E-state index contributed by atoms with van der Waals surface area (Å²) in [6.45, 7) is 2.26. The fourth-order valence-corrected chi connectivity index (χ4v) is 1.42. The molecule has 0 rings (SSSR count). The fraction of sp³-hybridized carbons (Fsp3) is 1.00. The van der Waals surface area contributed by atoms with Gasteiger partial charge >= 0.3 is 0 Å². The standard InChI is InChI=1S/C10H21Cl.H2O/c1-2-3-4-5-6-7-8-9-10-11;/h2-10H2,1H3;1H2. The predicted molar refractivity (Wildman–Crippen MR) is 56.9 cm³/mol. The van der Waals surface area contributed by atoms with E-state index in [4.69, 9.17) is 11.6 Å². The van der Waals surface area contributed by atoms with E-state index >= 15 is 0 Å². The molecule has 0 aromatic rings. The van der Waals surface area contributed by atoms with Crippen LogP contribution in [0.5, 0.6) is 0 Å². The van der Waals surface area contributed by atoms with E-state index in [1.807, 2.05) is 0 Å². The summed E-state index contributed by atoms with van der Waals surface area (Å²) in [6, 6.07) is 0. The second-order valence-electron chi connectivity index (χ2n) is 3.16. The van der Waals surface area contributed by atoms with Crippen molar-refractivity contribution >= 4 is 11.6 Å². The third-order valence-electron chi connectivity index (χ3n) is 1.99. The van der Waals surface area contributed by atoms with Gasteiger partial charge < -0.3 is 5.48 Å². The van der Waals surface area contributed by atoms with Crippen LogP contribution in [0.4, 0.5) is 0 Å². The lowest BCUT2D eigenvalue weighted by atomic mass is 10.1. The van der Waals surface area contributed by atoms with Crippen LogP contribution >= 0.6 is 11.6 Å². The number of unbranched alkanes of at least 4 members (excludes halogenated alkanes) is 7. The molecule has 0 unspecified atom stereocenters. The van der Waals surface area contributed by atoms with Crippen molar-refractivity contribution < 1.29 is 5.48 Å². The van der Waals surface area contributed by atoms with Crippen molar-refractivity contribution in [1.29, 1.82) is 0 Å². The van der Waals surface area contributed by atoms with Gasteiger partial charge in [0.25, 0.3) is 0 Å². The lowest BCUT2D eigenvalue weighted by Crippen LogP contribution is -1.80. The normalized spacial score (nSPS) is 9.50. The topological polar surface area (TPSA) is 31.5 Å².